The summed E-state index contributed by atoms with van der Waals surface area (Å²) in [7, 11) is 0. The maximum atomic E-state index is 12.3. The third kappa shape index (κ3) is 6.32. The number of carboxylic acid groups (broad SMARTS) is 2. The Balaban J connectivity index is 2.05. The van der Waals surface area contributed by atoms with E-state index in [0.717, 1.165) is 21.6 Å². The van der Waals surface area contributed by atoms with Crippen LogP contribution in [0, 0.1) is 0 Å². The molecule has 154 valence electrons. The van der Waals surface area contributed by atoms with E-state index in [4.69, 9.17) is 5.11 Å². The third-order valence-corrected chi connectivity index (χ3v) is 4.44. The first-order chi connectivity index (χ1) is 13.8. The van der Waals surface area contributed by atoms with Gasteiger partial charge in [-0.1, -0.05) is 54.6 Å². The highest BCUT2D eigenvalue weighted by Gasteiger charge is 2.25. The standard InChI is InChI=1S/C21H24N2O6/c1-2-23(13-18(24)20(27)28)21(29)22-17(19(25)26)12-14-8-10-16(11-9-14)15-6-4-3-5-7-15/h3-11,17-18,24H,2,12-13H2,1H3,(H,22,29)(H,25,26)(H,27,28). The summed E-state index contributed by atoms with van der Waals surface area (Å²) in [5.74, 6) is -2.66. The first kappa shape index (κ1) is 21.9. The van der Waals surface area contributed by atoms with Crippen molar-refractivity contribution in [3.05, 3.63) is 60.2 Å². The van der Waals surface area contributed by atoms with Gasteiger partial charge in [0.05, 0.1) is 6.54 Å². The molecule has 0 bridgehead atoms. The van der Waals surface area contributed by atoms with Crippen molar-refractivity contribution in [2.24, 2.45) is 0 Å². The molecule has 2 rings (SSSR count). The van der Waals surface area contributed by atoms with Gasteiger partial charge in [0.15, 0.2) is 6.10 Å². The number of hydrogen-bond donors (Lipinski definition) is 4. The van der Waals surface area contributed by atoms with Gasteiger partial charge in [-0.3, -0.25) is 0 Å². The maximum Gasteiger partial charge on any atom is 0.334 e. The fraction of sp³-hybridized carbons (Fsp3) is 0.286. The summed E-state index contributed by atoms with van der Waals surface area (Å²) >= 11 is 0. The minimum Gasteiger partial charge on any atom is -0.480 e. The normalized spacial score (nSPS) is 12.6. The lowest BCUT2D eigenvalue weighted by molar-refractivity contribution is -0.147. The summed E-state index contributed by atoms with van der Waals surface area (Å²) in [6, 6.07) is 15.2. The van der Waals surface area contributed by atoms with Crippen LogP contribution in [0.25, 0.3) is 11.1 Å². The van der Waals surface area contributed by atoms with Crippen LogP contribution in [-0.2, 0) is 16.0 Å². The van der Waals surface area contributed by atoms with Crippen molar-refractivity contribution < 1.29 is 29.7 Å². The number of benzene rings is 2. The van der Waals surface area contributed by atoms with Gasteiger partial charge in [-0.15, -0.1) is 0 Å². The second-order valence-electron chi connectivity index (χ2n) is 6.50. The van der Waals surface area contributed by atoms with Crippen LogP contribution in [0.2, 0.25) is 0 Å². The monoisotopic (exact) mass is 400 g/mol. The first-order valence-electron chi connectivity index (χ1n) is 9.15. The van der Waals surface area contributed by atoms with Crippen LogP contribution < -0.4 is 5.32 Å². The van der Waals surface area contributed by atoms with Crippen molar-refractivity contribution in [3.63, 3.8) is 0 Å². The van der Waals surface area contributed by atoms with Crippen molar-refractivity contribution >= 4 is 18.0 Å². The van der Waals surface area contributed by atoms with E-state index in [0.29, 0.717) is 0 Å². The highest BCUT2D eigenvalue weighted by atomic mass is 16.4. The summed E-state index contributed by atoms with van der Waals surface area (Å²) in [4.78, 5) is 35.7. The van der Waals surface area contributed by atoms with Crippen molar-refractivity contribution in [2.45, 2.75) is 25.5 Å². The minimum atomic E-state index is -1.74. The number of aliphatic hydroxyl groups excluding tert-OH is 1. The van der Waals surface area contributed by atoms with E-state index in [1.54, 1.807) is 19.1 Å². The van der Waals surface area contributed by atoms with Crippen LogP contribution in [0.15, 0.2) is 54.6 Å². The Morgan fingerprint density at radius 3 is 2.03 bits per heavy atom. The molecule has 2 aromatic rings. The molecule has 0 saturated carbocycles. The van der Waals surface area contributed by atoms with Gasteiger partial charge in [0.2, 0.25) is 0 Å². The molecule has 8 nitrogen and oxygen atoms in total. The van der Waals surface area contributed by atoms with Crippen LogP contribution in [0.4, 0.5) is 4.79 Å². The number of carbonyl (C=O) groups excluding carboxylic acids is 1. The molecule has 0 saturated heterocycles. The van der Waals surface area contributed by atoms with E-state index in [-0.39, 0.29) is 13.0 Å². The van der Waals surface area contributed by atoms with E-state index in [1.165, 1.54) is 0 Å². The van der Waals surface area contributed by atoms with Gasteiger partial charge in [0.1, 0.15) is 6.04 Å². The molecular formula is C21H24N2O6. The molecule has 0 aliphatic rings. The molecule has 29 heavy (non-hydrogen) atoms. The highest BCUT2D eigenvalue weighted by molar-refractivity contribution is 5.83. The van der Waals surface area contributed by atoms with Crippen molar-refractivity contribution in [1.29, 1.82) is 0 Å². The molecule has 0 fully saturated rings. The Hall–Kier alpha value is -3.39. The molecular weight excluding hydrogens is 376 g/mol. The van der Waals surface area contributed by atoms with Crippen molar-refractivity contribution in [1.82, 2.24) is 10.2 Å². The predicted octanol–water partition coefficient (Wildman–Crippen LogP) is 1.83. The number of urea groups is 1. The fourth-order valence-corrected chi connectivity index (χ4v) is 2.78. The topological polar surface area (TPSA) is 127 Å². The molecule has 0 aliphatic heterocycles. The lowest BCUT2D eigenvalue weighted by atomic mass is 10.0. The smallest absolute Gasteiger partial charge is 0.334 e. The summed E-state index contributed by atoms with van der Waals surface area (Å²) in [6.45, 7) is 1.29. The maximum absolute atomic E-state index is 12.3. The zero-order valence-corrected chi connectivity index (χ0v) is 16.0. The average Bonchev–Trinajstić information content (AvgIpc) is 2.72. The van der Waals surface area contributed by atoms with E-state index in [1.807, 2.05) is 42.5 Å². The summed E-state index contributed by atoms with van der Waals surface area (Å²) in [6.07, 6.45) is -1.68. The number of rotatable bonds is 9. The molecule has 0 spiro atoms. The summed E-state index contributed by atoms with van der Waals surface area (Å²) in [5, 5.41) is 30.1. The zero-order chi connectivity index (χ0) is 21.4. The molecule has 2 aromatic carbocycles. The van der Waals surface area contributed by atoms with E-state index in [2.05, 4.69) is 5.32 Å². The van der Waals surface area contributed by atoms with Crippen LogP contribution in [0.5, 0.6) is 0 Å². The Morgan fingerprint density at radius 2 is 1.52 bits per heavy atom. The first-order valence-corrected chi connectivity index (χ1v) is 9.15. The molecule has 2 amide bonds. The molecule has 0 heterocycles. The Kier molecular flexibility index (Phi) is 7.73. The number of carbonyl (C=O) groups is 3. The van der Waals surface area contributed by atoms with Crippen molar-refractivity contribution in [3.8, 4) is 11.1 Å². The SMILES string of the molecule is CCN(CC(O)C(=O)O)C(=O)NC(Cc1ccc(-c2ccccc2)cc1)C(=O)O. The zero-order valence-electron chi connectivity index (χ0n) is 16.0. The second kappa shape index (κ2) is 10.2. The van der Waals surface area contributed by atoms with Crippen molar-refractivity contribution in [2.75, 3.05) is 13.1 Å². The van der Waals surface area contributed by atoms with Crippen LogP contribution in [0.3, 0.4) is 0 Å². The van der Waals surface area contributed by atoms with Gasteiger partial charge >= 0.3 is 18.0 Å². The molecule has 8 heteroatoms. The Morgan fingerprint density at radius 1 is 0.931 bits per heavy atom. The Bertz CT molecular complexity index is 838. The number of amides is 2. The molecule has 2 atom stereocenters. The molecule has 0 aliphatic carbocycles. The fourth-order valence-electron chi connectivity index (χ4n) is 2.78. The van der Waals surface area contributed by atoms with E-state index in [9.17, 15) is 24.6 Å². The van der Waals surface area contributed by atoms with Crippen LogP contribution in [-0.4, -0.2) is 63.4 Å². The van der Waals surface area contributed by atoms with Gasteiger partial charge in [-0.05, 0) is 23.6 Å². The number of aliphatic carboxylic acids is 2. The predicted molar refractivity (Wildman–Crippen MR) is 106 cm³/mol. The van der Waals surface area contributed by atoms with Gasteiger partial charge in [0, 0.05) is 13.0 Å². The van der Waals surface area contributed by atoms with Gasteiger partial charge < -0.3 is 25.5 Å². The summed E-state index contributed by atoms with van der Waals surface area (Å²) in [5.41, 5.74) is 2.76. The second-order valence-corrected chi connectivity index (χ2v) is 6.50. The number of carboxylic acids is 2. The van der Waals surface area contributed by atoms with Crippen LogP contribution in [0.1, 0.15) is 12.5 Å². The number of hydrogen-bond acceptors (Lipinski definition) is 4. The summed E-state index contributed by atoms with van der Waals surface area (Å²) < 4.78 is 0. The number of nitrogens with one attached hydrogen (secondary N) is 1. The number of aliphatic hydroxyl groups is 1. The van der Waals surface area contributed by atoms with Crippen LogP contribution >= 0.6 is 0 Å². The Labute approximate surface area is 168 Å². The quantitative estimate of drug-likeness (QED) is 0.509. The van der Waals surface area contributed by atoms with Gasteiger partial charge in [-0.2, -0.15) is 0 Å². The third-order valence-electron chi connectivity index (χ3n) is 4.44. The average molecular weight is 400 g/mol. The molecule has 0 aromatic heterocycles. The van der Waals surface area contributed by atoms with E-state index < -0.39 is 36.7 Å². The molecule has 4 N–H and O–H groups in total. The van der Waals surface area contributed by atoms with E-state index >= 15 is 0 Å². The largest absolute Gasteiger partial charge is 0.480 e. The minimum absolute atomic E-state index is 0.0647. The van der Waals surface area contributed by atoms with Gasteiger partial charge in [0.25, 0.3) is 0 Å². The van der Waals surface area contributed by atoms with Gasteiger partial charge in [-0.25, -0.2) is 14.4 Å². The lowest BCUT2D eigenvalue weighted by Crippen LogP contribution is -2.51. The number of likely N-dealkylation sites (N-methyl/N-ethyl adjacent to an activating group) is 1. The number of nitrogens with zero attached hydrogens (tertiary/aromatic N) is 1. The highest BCUT2D eigenvalue weighted by Crippen LogP contribution is 2.19. The lowest BCUT2D eigenvalue weighted by Gasteiger charge is -2.25. The molecule has 2 unspecified atom stereocenters. The molecule has 0 radical (unpaired) electrons.